The van der Waals surface area contributed by atoms with Crippen molar-refractivity contribution >= 4 is 41.7 Å². The Morgan fingerprint density at radius 2 is 1.88 bits per heavy atom. The van der Waals surface area contributed by atoms with Gasteiger partial charge in [-0.25, -0.2) is 0 Å². The van der Waals surface area contributed by atoms with Gasteiger partial charge in [0.25, 0.3) is 0 Å². The molecule has 0 amide bonds. The number of guanidine groups is 1. The SMILES string of the molecule is CCCN1CCC(NC(=NCC2(SCC)CCOCC2)NCC)CC1.I. The van der Waals surface area contributed by atoms with Crippen LogP contribution in [0.5, 0.6) is 0 Å². The molecule has 2 saturated heterocycles. The van der Waals surface area contributed by atoms with E-state index in [9.17, 15) is 0 Å². The summed E-state index contributed by atoms with van der Waals surface area (Å²) in [5.74, 6) is 2.15. The quantitative estimate of drug-likeness (QED) is 0.306. The Kier molecular flexibility index (Phi) is 12.6. The van der Waals surface area contributed by atoms with Crippen LogP contribution in [0.4, 0.5) is 0 Å². The summed E-state index contributed by atoms with van der Waals surface area (Å²) in [6.45, 7) is 13.9. The molecule has 0 unspecified atom stereocenters. The minimum absolute atomic E-state index is 0. The number of hydrogen-bond acceptors (Lipinski definition) is 4. The zero-order chi connectivity index (χ0) is 18.0. The Bertz CT molecular complexity index is 391. The lowest BCUT2D eigenvalue weighted by Crippen LogP contribution is -2.49. The molecule has 2 aliphatic rings. The number of nitrogens with zero attached hydrogens (tertiary/aromatic N) is 2. The third-order valence-electron chi connectivity index (χ3n) is 5.19. The number of likely N-dealkylation sites (tertiary alicyclic amines) is 1. The van der Waals surface area contributed by atoms with Gasteiger partial charge in [0.2, 0.25) is 0 Å². The van der Waals surface area contributed by atoms with Gasteiger partial charge in [-0.1, -0.05) is 13.8 Å². The van der Waals surface area contributed by atoms with Crippen molar-refractivity contribution in [3.8, 4) is 0 Å². The van der Waals surface area contributed by atoms with Gasteiger partial charge in [0.15, 0.2) is 5.96 Å². The number of nitrogens with one attached hydrogen (secondary N) is 2. The molecule has 0 aromatic heterocycles. The summed E-state index contributed by atoms with van der Waals surface area (Å²) in [7, 11) is 0. The number of ether oxygens (including phenoxy) is 1. The second-order valence-electron chi connectivity index (χ2n) is 7.18. The first-order valence-electron chi connectivity index (χ1n) is 10.2. The van der Waals surface area contributed by atoms with Crippen LogP contribution in [0.3, 0.4) is 0 Å². The van der Waals surface area contributed by atoms with Crippen LogP contribution in [-0.4, -0.2) is 73.3 Å². The Morgan fingerprint density at radius 1 is 1.19 bits per heavy atom. The van der Waals surface area contributed by atoms with Crippen molar-refractivity contribution in [2.45, 2.75) is 63.7 Å². The van der Waals surface area contributed by atoms with Gasteiger partial charge in [-0.2, -0.15) is 11.8 Å². The fourth-order valence-corrected chi connectivity index (χ4v) is 4.97. The van der Waals surface area contributed by atoms with E-state index in [1.807, 2.05) is 0 Å². The number of aliphatic imine (C=N–C) groups is 1. The maximum atomic E-state index is 5.58. The van der Waals surface area contributed by atoms with E-state index in [1.165, 1.54) is 38.9 Å². The molecule has 2 N–H and O–H groups in total. The molecule has 2 fully saturated rings. The molecular weight excluding hydrogens is 459 g/mol. The zero-order valence-corrected chi connectivity index (χ0v) is 20.0. The van der Waals surface area contributed by atoms with Crippen LogP contribution in [0, 0.1) is 0 Å². The molecule has 0 aromatic carbocycles. The second kappa shape index (κ2) is 13.4. The molecule has 5 nitrogen and oxygen atoms in total. The van der Waals surface area contributed by atoms with Crippen molar-refractivity contribution < 1.29 is 4.74 Å². The van der Waals surface area contributed by atoms with Crippen molar-refractivity contribution in [3.63, 3.8) is 0 Å². The first kappa shape index (κ1) is 24.3. The van der Waals surface area contributed by atoms with Crippen molar-refractivity contribution in [3.05, 3.63) is 0 Å². The summed E-state index contributed by atoms with van der Waals surface area (Å²) in [5, 5.41) is 7.14. The topological polar surface area (TPSA) is 48.9 Å². The maximum Gasteiger partial charge on any atom is 0.191 e. The van der Waals surface area contributed by atoms with Crippen LogP contribution in [0.15, 0.2) is 4.99 Å². The van der Waals surface area contributed by atoms with Gasteiger partial charge in [-0.15, -0.1) is 24.0 Å². The normalized spacial score (nSPS) is 21.9. The van der Waals surface area contributed by atoms with Crippen LogP contribution < -0.4 is 10.6 Å². The van der Waals surface area contributed by atoms with E-state index in [0.29, 0.717) is 6.04 Å². The molecule has 2 rings (SSSR count). The second-order valence-corrected chi connectivity index (χ2v) is 8.92. The Labute approximate surface area is 181 Å². The molecule has 154 valence electrons. The highest BCUT2D eigenvalue weighted by molar-refractivity contribution is 14.0. The summed E-state index contributed by atoms with van der Waals surface area (Å²) in [4.78, 5) is 7.56. The van der Waals surface area contributed by atoms with E-state index >= 15 is 0 Å². The lowest BCUT2D eigenvalue weighted by atomic mass is 9.99. The molecule has 2 heterocycles. The lowest BCUT2D eigenvalue weighted by Gasteiger charge is -2.36. The highest BCUT2D eigenvalue weighted by atomic mass is 127. The molecule has 0 atom stereocenters. The third kappa shape index (κ3) is 8.10. The van der Waals surface area contributed by atoms with Crippen molar-refractivity contribution in [2.75, 3.05) is 51.7 Å². The van der Waals surface area contributed by atoms with Crippen LogP contribution in [0.2, 0.25) is 0 Å². The molecule has 0 aliphatic carbocycles. The molecule has 0 radical (unpaired) electrons. The minimum atomic E-state index is 0. The van der Waals surface area contributed by atoms with Gasteiger partial charge >= 0.3 is 0 Å². The monoisotopic (exact) mass is 498 g/mol. The first-order chi connectivity index (χ1) is 12.2. The summed E-state index contributed by atoms with van der Waals surface area (Å²) in [6.07, 6.45) is 5.91. The van der Waals surface area contributed by atoms with E-state index < -0.39 is 0 Å². The summed E-state index contributed by atoms with van der Waals surface area (Å²) in [6, 6.07) is 0.551. The molecule has 0 spiro atoms. The molecule has 26 heavy (non-hydrogen) atoms. The largest absolute Gasteiger partial charge is 0.381 e. The molecule has 0 aromatic rings. The van der Waals surface area contributed by atoms with Gasteiger partial charge in [0.1, 0.15) is 0 Å². The van der Waals surface area contributed by atoms with Crippen LogP contribution in [-0.2, 0) is 4.74 Å². The summed E-state index contributed by atoms with van der Waals surface area (Å²) < 4.78 is 5.84. The van der Waals surface area contributed by atoms with Crippen LogP contribution >= 0.6 is 35.7 Å². The highest BCUT2D eigenvalue weighted by Gasteiger charge is 2.32. The van der Waals surface area contributed by atoms with Crippen LogP contribution in [0.25, 0.3) is 0 Å². The Balaban J connectivity index is 0.00000338. The molecule has 7 heteroatoms. The van der Waals surface area contributed by atoms with Gasteiger partial charge in [0, 0.05) is 43.6 Å². The van der Waals surface area contributed by atoms with E-state index in [1.54, 1.807) is 0 Å². The standard InChI is InChI=1S/C19H38N4OS.HI/c1-4-11-23-12-7-17(8-13-23)22-18(20-5-2)21-16-19(25-6-3)9-14-24-15-10-19;/h17H,4-16H2,1-3H3,(H2,20,21,22);1H. The number of hydrogen-bond donors (Lipinski definition) is 2. The average Bonchev–Trinajstić information content (AvgIpc) is 2.63. The fourth-order valence-electron chi connectivity index (χ4n) is 3.75. The number of rotatable bonds is 8. The lowest BCUT2D eigenvalue weighted by molar-refractivity contribution is 0.0793. The smallest absolute Gasteiger partial charge is 0.191 e. The van der Waals surface area contributed by atoms with Gasteiger partial charge in [-0.3, -0.25) is 4.99 Å². The molecular formula is C19H39IN4OS. The molecule has 0 bridgehead atoms. The van der Waals surface area contributed by atoms with E-state index in [4.69, 9.17) is 9.73 Å². The Morgan fingerprint density at radius 3 is 2.46 bits per heavy atom. The van der Waals surface area contributed by atoms with Crippen molar-refractivity contribution in [1.82, 2.24) is 15.5 Å². The van der Waals surface area contributed by atoms with Gasteiger partial charge in [-0.05, 0) is 51.3 Å². The molecule has 2 aliphatic heterocycles. The average molecular weight is 499 g/mol. The van der Waals surface area contributed by atoms with Gasteiger partial charge in [0.05, 0.1) is 6.54 Å². The number of thioether (sulfide) groups is 1. The highest BCUT2D eigenvalue weighted by Crippen LogP contribution is 2.35. The predicted octanol–water partition coefficient (Wildman–Crippen LogP) is 3.34. The summed E-state index contributed by atoms with van der Waals surface area (Å²) in [5.41, 5.74) is 0. The van der Waals surface area contributed by atoms with Gasteiger partial charge < -0.3 is 20.3 Å². The number of piperidine rings is 1. The number of halogens is 1. The van der Waals surface area contributed by atoms with E-state index in [0.717, 1.165) is 50.9 Å². The zero-order valence-electron chi connectivity index (χ0n) is 16.9. The summed E-state index contributed by atoms with van der Waals surface area (Å²) >= 11 is 2.06. The fraction of sp³-hybridized carbons (Fsp3) is 0.947. The third-order valence-corrected chi connectivity index (χ3v) is 6.63. The Hall–Kier alpha value is 0.270. The minimum Gasteiger partial charge on any atom is -0.381 e. The molecule has 0 saturated carbocycles. The van der Waals surface area contributed by atoms with E-state index in [2.05, 4.69) is 48.1 Å². The first-order valence-corrected chi connectivity index (χ1v) is 11.2. The van der Waals surface area contributed by atoms with Crippen molar-refractivity contribution in [1.29, 1.82) is 0 Å². The predicted molar refractivity (Wildman–Crippen MR) is 125 cm³/mol. The van der Waals surface area contributed by atoms with Crippen LogP contribution in [0.1, 0.15) is 52.9 Å². The maximum absolute atomic E-state index is 5.58. The van der Waals surface area contributed by atoms with Crippen molar-refractivity contribution in [2.24, 2.45) is 4.99 Å². The van der Waals surface area contributed by atoms with E-state index in [-0.39, 0.29) is 28.7 Å².